The number of ether oxygens (including phenoxy) is 1. The molecule has 0 saturated carbocycles. The van der Waals surface area contributed by atoms with E-state index in [1.807, 2.05) is 30.3 Å². The Morgan fingerprint density at radius 1 is 1.32 bits per heavy atom. The van der Waals surface area contributed by atoms with Crippen molar-refractivity contribution < 1.29 is 13.9 Å². The van der Waals surface area contributed by atoms with Gasteiger partial charge in [0.2, 0.25) is 0 Å². The third kappa shape index (κ3) is 3.94. The summed E-state index contributed by atoms with van der Waals surface area (Å²) >= 11 is 0. The molecule has 0 N–H and O–H groups in total. The number of benzene rings is 1. The molecular weight excluding hydrogens is 321 g/mol. The van der Waals surface area contributed by atoms with Gasteiger partial charge in [0.15, 0.2) is 0 Å². The molecular formula is C19H18FN3O2. The van der Waals surface area contributed by atoms with Crippen molar-refractivity contribution in [2.75, 3.05) is 6.54 Å². The molecule has 1 saturated heterocycles. The summed E-state index contributed by atoms with van der Waals surface area (Å²) in [6, 6.07) is 13.7. The van der Waals surface area contributed by atoms with E-state index >= 15 is 0 Å². The number of carbonyl (C=O) groups is 1. The summed E-state index contributed by atoms with van der Waals surface area (Å²) < 4.78 is 19.2. The van der Waals surface area contributed by atoms with Crippen LogP contribution >= 0.6 is 0 Å². The number of likely N-dealkylation sites (tertiary alicyclic amines) is 1. The van der Waals surface area contributed by atoms with E-state index in [1.165, 1.54) is 17.0 Å². The van der Waals surface area contributed by atoms with Gasteiger partial charge in [-0.25, -0.2) is 9.18 Å². The Hall–Kier alpha value is -2.94. The number of piperidine rings is 1. The molecule has 2 heterocycles. The molecule has 2 unspecified atom stereocenters. The van der Waals surface area contributed by atoms with Crippen LogP contribution in [-0.4, -0.2) is 28.6 Å². The van der Waals surface area contributed by atoms with Crippen LogP contribution in [0.1, 0.15) is 30.0 Å². The molecule has 128 valence electrons. The van der Waals surface area contributed by atoms with Crippen LogP contribution in [-0.2, 0) is 11.3 Å². The van der Waals surface area contributed by atoms with Crippen molar-refractivity contribution in [1.82, 2.24) is 9.88 Å². The molecule has 2 aromatic rings. The Labute approximate surface area is 145 Å². The summed E-state index contributed by atoms with van der Waals surface area (Å²) in [6.45, 7) is 0.499. The number of nitrogens with zero attached hydrogens (tertiary/aromatic N) is 3. The lowest BCUT2D eigenvalue weighted by Crippen LogP contribution is -2.45. The lowest BCUT2D eigenvalue weighted by molar-refractivity contribution is 0.0751. The number of carbonyl (C=O) groups excluding carboxylic acids is 1. The summed E-state index contributed by atoms with van der Waals surface area (Å²) in [5.41, 5.74) is 1.25. The normalized spacial score (nSPS) is 19.9. The number of hydrogen-bond donors (Lipinski definition) is 0. The van der Waals surface area contributed by atoms with Gasteiger partial charge in [-0.05, 0) is 30.5 Å². The second kappa shape index (κ2) is 7.75. The molecule has 1 aliphatic heterocycles. The van der Waals surface area contributed by atoms with E-state index in [0.29, 0.717) is 25.1 Å². The minimum atomic E-state index is -0.650. The van der Waals surface area contributed by atoms with E-state index in [1.54, 1.807) is 6.20 Å². The zero-order valence-electron chi connectivity index (χ0n) is 13.6. The maximum atomic E-state index is 13.9. The third-order valence-electron chi connectivity index (χ3n) is 4.36. The van der Waals surface area contributed by atoms with E-state index in [4.69, 9.17) is 4.74 Å². The highest BCUT2D eigenvalue weighted by atomic mass is 19.1. The summed E-state index contributed by atoms with van der Waals surface area (Å²) in [5.74, 6) is -0.548. The fourth-order valence-corrected chi connectivity index (χ4v) is 3.06. The minimum absolute atomic E-state index is 0.159. The number of pyridine rings is 1. The van der Waals surface area contributed by atoms with E-state index in [2.05, 4.69) is 11.1 Å². The topological polar surface area (TPSA) is 66.2 Å². The van der Waals surface area contributed by atoms with Crippen molar-refractivity contribution in [2.45, 2.75) is 31.4 Å². The molecule has 2 atom stereocenters. The third-order valence-corrected chi connectivity index (χ3v) is 4.36. The van der Waals surface area contributed by atoms with Crippen molar-refractivity contribution in [2.24, 2.45) is 0 Å². The molecule has 1 fully saturated rings. The maximum Gasteiger partial charge on any atom is 0.411 e. The van der Waals surface area contributed by atoms with Gasteiger partial charge < -0.3 is 4.74 Å². The van der Waals surface area contributed by atoms with Crippen molar-refractivity contribution in [3.63, 3.8) is 0 Å². The van der Waals surface area contributed by atoms with Crippen LogP contribution in [0.3, 0.4) is 0 Å². The molecule has 1 aromatic carbocycles. The maximum absolute atomic E-state index is 13.9. The average molecular weight is 339 g/mol. The molecule has 1 aliphatic rings. The first-order chi connectivity index (χ1) is 12.2. The molecule has 0 spiro atoms. The zero-order chi connectivity index (χ0) is 17.6. The first-order valence-electron chi connectivity index (χ1n) is 8.16. The number of nitriles is 1. The predicted octanol–water partition coefficient (Wildman–Crippen LogP) is 3.63. The highest BCUT2D eigenvalue weighted by Crippen LogP contribution is 2.32. The fourth-order valence-electron chi connectivity index (χ4n) is 3.06. The molecule has 6 heteroatoms. The lowest BCUT2D eigenvalue weighted by Gasteiger charge is -2.34. The largest absolute Gasteiger partial charge is 0.445 e. The van der Waals surface area contributed by atoms with E-state index in [9.17, 15) is 14.4 Å². The van der Waals surface area contributed by atoms with Gasteiger partial charge in [0, 0.05) is 18.7 Å². The van der Waals surface area contributed by atoms with Crippen LogP contribution in [0.15, 0.2) is 48.7 Å². The molecule has 0 bridgehead atoms. The predicted molar refractivity (Wildman–Crippen MR) is 88.9 cm³/mol. The van der Waals surface area contributed by atoms with Crippen LogP contribution in [0.4, 0.5) is 9.18 Å². The second-order valence-corrected chi connectivity index (χ2v) is 5.97. The van der Waals surface area contributed by atoms with Gasteiger partial charge in [0.1, 0.15) is 18.5 Å². The summed E-state index contributed by atoms with van der Waals surface area (Å²) in [4.78, 5) is 17.8. The average Bonchev–Trinajstić information content (AvgIpc) is 2.67. The first kappa shape index (κ1) is 16.9. The Kier molecular flexibility index (Phi) is 5.24. The van der Waals surface area contributed by atoms with Crippen molar-refractivity contribution in [1.29, 1.82) is 5.26 Å². The molecule has 5 nitrogen and oxygen atoms in total. The van der Waals surface area contributed by atoms with Gasteiger partial charge in [0.05, 0.1) is 11.8 Å². The molecule has 3 rings (SSSR count). The Balaban J connectivity index is 1.63. The lowest BCUT2D eigenvalue weighted by atomic mass is 9.88. The number of aromatic nitrogens is 1. The number of amides is 1. The Morgan fingerprint density at radius 2 is 2.12 bits per heavy atom. The summed E-state index contributed by atoms with van der Waals surface area (Å²) in [7, 11) is 0. The Bertz CT molecular complexity index is 776. The molecule has 1 aromatic heterocycles. The standard InChI is InChI=1S/C19H18FN3O2/c20-17-7-4-9-22-18(17)15-8-10-23(16(11-15)12-21)19(24)25-13-14-5-2-1-3-6-14/h1-7,9,15-16H,8,10-11,13H2. The number of hydrogen-bond acceptors (Lipinski definition) is 4. The first-order valence-corrected chi connectivity index (χ1v) is 8.16. The number of halogens is 1. The molecule has 1 amide bonds. The van der Waals surface area contributed by atoms with Crippen LogP contribution in [0.2, 0.25) is 0 Å². The summed E-state index contributed by atoms with van der Waals surface area (Å²) in [5, 5.41) is 9.42. The second-order valence-electron chi connectivity index (χ2n) is 5.97. The minimum Gasteiger partial charge on any atom is -0.445 e. The van der Waals surface area contributed by atoms with E-state index < -0.39 is 12.1 Å². The zero-order valence-corrected chi connectivity index (χ0v) is 13.6. The van der Waals surface area contributed by atoms with Crippen molar-refractivity contribution in [3.8, 4) is 6.07 Å². The monoisotopic (exact) mass is 339 g/mol. The van der Waals surface area contributed by atoms with Crippen LogP contribution in [0.5, 0.6) is 0 Å². The molecule has 0 radical (unpaired) electrons. The summed E-state index contributed by atoms with van der Waals surface area (Å²) in [6.07, 6.45) is 1.92. The van der Waals surface area contributed by atoms with Gasteiger partial charge in [-0.15, -0.1) is 0 Å². The van der Waals surface area contributed by atoms with Crippen LogP contribution in [0, 0.1) is 17.1 Å². The smallest absolute Gasteiger partial charge is 0.411 e. The van der Waals surface area contributed by atoms with Crippen molar-refractivity contribution in [3.05, 3.63) is 65.7 Å². The SMILES string of the molecule is N#CC1CC(c2ncccc2F)CCN1C(=O)OCc1ccccc1. The van der Waals surface area contributed by atoms with Gasteiger partial charge >= 0.3 is 6.09 Å². The van der Waals surface area contributed by atoms with Crippen molar-refractivity contribution >= 4 is 6.09 Å². The van der Waals surface area contributed by atoms with Crippen LogP contribution in [0.25, 0.3) is 0 Å². The number of rotatable bonds is 3. The fraction of sp³-hybridized carbons (Fsp3) is 0.316. The van der Waals surface area contributed by atoms with Crippen LogP contribution < -0.4 is 0 Å². The molecule has 25 heavy (non-hydrogen) atoms. The highest BCUT2D eigenvalue weighted by Gasteiger charge is 2.34. The van der Waals surface area contributed by atoms with E-state index in [-0.39, 0.29) is 18.3 Å². The van der Waals surface area contributed by atoms with Gasteiger partial charge in [-0.2, -0.15) is 5.26 Å². The van der Waals surface area contributed by atoms with Gasteiger partial charge in [-0.3, -0.25) is 9.88 Å². The van der Waals surface area contributed by atoms with E-state index in [0.717, 1.165) is 5.56 Å². The quantitative estimate of drug-likeness (QED) is 0.856. The highest BCUT2D eigenvalue weighted by molar-refractivity contribution is 5.68. The Morgan fingerprint density at radius 3 is 2.84 bits per heavy atom. The molecule has 0 aliphatic carbocycles. The van der Waals surface area contributed by atoms with Gasteiger partial charge in [0.25, 0.3) is 0 Å². The van der Waals surface area contributed by atoms with Gasteiger partial charge in [-0.1, -0.05) is 30.3 Å².